The van der Waals surface area contributed by atoms with Gasteiger partial charge < -0.3 is 15.8 Å². The molecule has 1 aromatic carbocycles. The second-order valence-corrected chi connectivity index (χ2v) is 6.94. The first kappa shape index (κ1) is 16.1. The topological polar surface area (TPSA) is 81.4 Å². The molecule has 0 saturated carbocycles. The van der Waals surface area contributed by atoms with Crippen LogP contribution in [0, 0.1) is 0 Å². The minimum atomic E-state index is -0.952. The predicted molar refractivity (Wildman–Crippen MR) is 84.4 cm³/mol. The lowest BCUT2D eigenvalue weighted by Gasteiger charge is -2.21. The van der Waals surface area contributed by atoms with Gasteiger partial charge in [0, 0.05) is 53.7 Å². The molecular weight excluding hydrogens is 288 g/mol. The number of carbonyl (C=O) groups is 1. The van der Waals surface area contributed by atoms with Crippen LogP contribution in [0.1, 0.15) is 24.8 Å². The SMILES string of the molecule is NCc1cccc(NC(=O)CCS(=O)C2CCOCC2)c1. The van der Waals surface area contributed by atoms with Crippen molar-refractivity contribution >= 4 is 22.4 Å². The standard InChI is InChI=1S/C15H22N2O3S/c16-11-12-2-1-3-13(10-12)17-15(18)6-9-21(19)14-4-7-20-8-5-14/h1-3,10,14H,4-9,11,16H2,(H,17,18). The van der Waals surface area contributed by atoms with Gasteiger partial charge in [-0.1, -0.05) is 12.1 Å². The molecule has 1 unspecified atom stereocenters. The summed E-state index contributed by atoms with van der Waals surface area (Å²) in [5.41, 5.74) is 7.27. The minimum absolute atomic E-state index is 0.107. The van der Waals surface area contributed by atoms with E-state index in [9.17, 15) is 9.00 Å². The molecule has 0 radical (unpaired) electrons. The van der Waals surface area contributed by atoms with E-state index in [0.29, 0.717) is 25.5 Å². The number of anilines is 1. The molecule has 6 heteroatoms. The molecule has 1 saturated heterocycles. The van der Waals surface area contributed by atoms with Crippen LogP contribution >= 0.6 is 0 Å². The molecule has 1 aromatic rings. The first-order valence-electron chi connectivity index (χ1n) is 7.23. The van der Waals surface area contributed by atoms with Gasteiger partial charge in [-0.3, -0.25) is 9.00 Å². The first-order chi connectivity index (χ1) is 10.2. The monoisotopic (exact) mass is 310 g/mol. The fraction of sp³-hybridized carbons (Fsp3) is 0.533. The van der Waals surface area contributed by atoms with Gasteiger partial charge in [0.2, 0.25) is 5.91 Å². The van der Waals surface area contributed by atoms with Crippen molar-refractivity contribution in [2.45, 2.75) is 31.1 Å². The van der Waals surface area contributed by atoms with E-state index >= 15 is 0 Å². The maximum Gasteiger partial charge on any atom is 0.225 e. The fourth-order valence-corrected chi connectivity index (χ4v) is 3.74. The molecule has 0 aromatic heterocycles. The highest BCUT2D eigenvalue weighted by atomic mass is 32.2. The summed E-state index contributed by atoms with van der Waals surface area (Å²) in [5.74, 6) is 0.303. The Morgan fingerprint density at radius 2 is 2.14 bits per heavy atom. The van der Waals surface area contributed by atoms with Crippen LogP contribution in [0.2, 0.25) is 0 Å². The van der Waals surface area contributed by atoms with E-state index in [0.717, 1.165) is 24.1 Å². The van der Waals surface area contributed by atoms with Gasteiger partial charge in [0.1, 0.15) is 0 Å². The van der Waals surface area contributed by atoms with Crippen LogP contribution < -0.4 is 11.1 Å². The summed E-state index contributed by atoms with van der Waals surface area (Å²) in [6.07, 6.45) is 1.93. The predicted octanol–water partition coefficient (Wildman–Crippen LogP) is 1.40. The zero-order valence-electron chi connectivity index (χ0n) is 12.0. The largest absolute Gasteiger partial charge is 0.381 e. The Labute approximate surface area is 127 Å². The normalized spacial score (nSPS) is 17.4. The van der Waals surface area contributed by atoms with E-state index in [-0.39, 0.29) is 17.6 Å². The molecule has 21 heavy (non-hydrogen) atoms. The molecule has 0 bridgehead atoms. The molecular formula is C15H22N2O3S. The van der Waals surface area contributed by atoms with Gasteiger partial charge in [-0.25, -0.2) is 0 Å². The Morgan fingerprint density at radius 3 is 2.86 bits per heavy atom. The third kappa shape index (κ3) is 5.22. The summed E-state index contributed by atoms with van der Waals surface area (Å²) in [6.45, 7) is 1.79. The van der Waals surface area contributed by atoms with Crippen LogP contribution in [-0.2, 0) is 26.9 Å². The highest BCUT2D eigenvalue weighted by Gasteiger charge is 2.20. The Kier molecular flexibility index (Phi) is 6.35. The molecule has 116 valence electrons. The van der Waals surface area contributed by atoms with E-state index in [4.69, 9.17) is 10.5 Å². The van der Waals surface area contributed by atoms with E-state index in [1.54, 1.807) is 0 Å². The molecule has 2 rings (SSSR count). The smallest absolute Gasteiger partial charge is 0.225 e. The lowest BCUT2D eigenvalue weighted by atomic mass is 10.2. The van der Waals surface area contributed by atoms with Crippen LogP contribution in [0.3, 0.4) is 0 Å². The number of nitrogens with one attached hydrogen (secondary N) is 1. The zero-order valence-corrected chi connectivity index (χ0v) is 12.9. The molecule has 0 spiro atoms. The van der Waals surface area contributed by atoms with Gasteiger partial charge >= 0.3 is 0 Å². The van der Waals surface area contributed by atoms with Gasteiger partial charge in [0.15, 0.2) is 0 Å². The van der Waals surface area contributed by atoms with Crippen molar-refractivity contribution in [3.63, 3.8) is 0 Å². The second-order valence-electron chi connectivity index (χ2n) is 5.10. The number of carbonyl (C=O) groups excluding carboxylic acids is 1. The Hall–Kier alpha value is -1.24. The molecule has 1 atom stereocenters. The number of nitrogens with two attached hydrogens (primary N) is 1. The lowest BCUT2D eigenvalue weighted by Crippen LogP contribution is -2.27. The molecule has 1 aliphatic heterocycles. The van der Waals surface area contributed by atoms with E-state index in [2.05, 4.69) is 5.32 Å². The molecule has 0 aliphatic carbocycles. The summed E-state index contributed by atoms with van der Waals surface area (Å²) in [4.78, 5) is 11.9. The summed E-state index contributed by atoms with van der Waals surface area (Å²) >= 11 is 0. The quantitative estimate of drug-likeness (QED) is 0.832. The maximum absolute atomic E-state index is 12.1. The summed E-state index contributed by atoms with van der Waals surface area (Å²) in [5, 5.41) is 2.99. The molecule has 1 heterocycles. The molecule has 3 N–H and O–H groups in total. The first-order valence-corrected chi connectivity index (χ1v) is 8.61. The van der Waals surface area contributed by atoms with Gasteiger partial charge in [0.05, 0.1) is 0 Å². The maximum atomic E-state index is 12.1. The van der Waals surface area contributed by atoms with Crippen molar-refractivity contribution in [2.24, 2.45) is 5.73 Å². The van der Waals surface area contributed by atoms with E-state index in [1.807, 2.05) is 24.3 Å². The van der Waals surface area contributed by atoms with Crippen molar-refractivity contribution < 1.29 is 13.7 Å². The lowest BCUT2D eigenvalue weighted by molar-refractivity contribution is -0.115. The number of amides is 1. The fourth-order valence-electron chi connectivity index (χ4n) is 2.30. The molecule has 1 amide bonds. The highest BCUT2D eigenvalue weighted by molar-refractivity contribution is 7.85. The number of hydrogen-bond acceptors (Lipinski definition) is 4. The second kappa shape index (κ2) is 8.26. The number of rotatable bonds is 6. The third-order valence-corrected chi connectivity index (χ3v) is 5.34. The van der Waals surface area contributed by atoms with Crippen molar-refractivity contribution in [3.8, 4) is 0 Å². The van der Waals surface area contributed by atoms with Crippen molar-refractivity contribution in [2.75, 3.05) is 24.3 Å². The van der Waals surface area contributed by atoms with Crippen molar-refractivity contribution in [1.29, 1.82) is 0 Å². The van der Waals surface area contributed by atoms with E-state index in [1.165, 1.54) is 0 Å². The van der Waals surface area contributed by atoms with Crippen LogP contribution in [0.5, 0.6) is 0 Å². The molecule has 5 nitrogen and oxygen atoms in total. The van der Waals surface area contributed by atoms with E-state index < -0.39 is 10.8 Å². The number of benzene rings is 1. The Bertz CT molecular complexity index is 501. The average molecular weight is 310 g/mol. The van der Waals surface area contributed by atoms with Gasteiger partial charge in [0.25, 0.3) is 0 Å². The van der Waals surface area contributed by atoms with Crippen LogP contribution in [0.4, 0.5) is 5.69 Å². The van der Waals surface area contributed by atoms with Crippen LogP contribution in [-0.4, -0.2) is 34.3 Å². The Balaban J connectivity index is 1.77. The van der Waals surface area contributed by atoms with Crippen LogP contribution in [0.15, 0.2) is 24.3 Å². The number of ether oxygens (including phenoxy) is 1. The highest BCUT2D eigenvalue weighted by Crippen LogP contribution is 2.15. The zero-order chi connectivity index (χ0) is 15.1. The van der Waals surface area contributed by atoms with Gasteiger partial charge in [-0.15, -0.1) is 0 Å². The molecule has 1 aliphatic rings. The summed E-state index contributed by atoms with van der Waals surface area (Å²) in [6, 6.07) is 7.45. The number of hydrogen-bond donors (Lipinski definition) is 2. The summed E-state index contributed by atoms with van der Waals surface area (Å²) in [7, 11) is -0.952. The average Bonchev–Trinajstić information content (AvgIpc) is 2.53. The van der Waals surface area contributed by atoms with Gasteiger partial charge in [-0.05, 0) is 30.5 Å². The molecule has 1 fully saturated rings. The van der Waals surface area contributed by atoms with Crippen molar-refractivity contribution in [3.05, 3.63) is 29.8 Å². The summed E-state index contributed by atoms with van der Waals surface area (Å²) < 4.78 is 17.4. The third-order valence-electron chi connectivity index (χ3n) is 3.52. The Morgan fingerprint density at radius 1 is 1.38 bits per heavy atom. The van der Waals surface area contributed by atoms with Crippen LogP contribution in [0.25, 0.3) is 0 Å². The van der Waals surface area contributed by atoms with Gasteiger partial charge in [-0.2, -0.15) is 0 Å². The minimum Gasteiger partial charge on any atom is -0.381 e. The van der Waals surface area contributed by atoms with Crippen molar-refractivity contribution in [1.82, 2.24) is 0 Å².